The van der Waals surface area contributed by atoms with Gasteiger partial charge in [-0.25, -0.2) is 0 Å². The van der Waals surface area contributed by atoms with E-state index in [1.54, 1.807) is 18.2 Å². The number of halogens is 1. The molecule has 20 heavy (non-hydrogen) atoms. The highest BCUT2D eigenvalue weighted by atomic mass is 35.5. The van der Waals surface area contributed by atoms with E-state index < -0.39 is 5.97 Å². The lowest BCUT2D eigenvalue weighted by atomic mass is 9.75. The van der Waals surface area contributed by atoms with E-state index in [-0.39, 0.29) is 11.2 Å². The number of ether oxygens (including phenoxy) is 1. The third-order valence-electron chi connectivity index (χ3n) is 3.25. The number of carbonyl (C=O) groups is 2. The first-order valence-electron chi connectivity index (χ1n) is 6.50. The Bertz CT molecular complexity index is 599. The van der Waals surface area contributed by atoms with Crippen LogP contribution in [0.25, 0.3) is 5.57 Å². The van der Waals surface area contributed by atoms with E-state index in [2.05, 4.69) is 0 Å². The van der Waals surface area contributed by atoms with Crippen molar-refractivity contribution >= 4 is 28.9 Å². The van der Waals surface area contributed by atoms with E-state index in [1.807, 2.05) is 19.9 Å². The molecule has 0 saturated carbocycles. The second kappa shape index (κ2) is 5.41. The Morgan fingerprint density at radius 2 is 1.90 bits per heavy atom. The van der Waals surface area contributed by atoms with Crippen LogP contribution in [0.15, 0.2) is 30.0 Å². The van der Waals surface area contributed by atoms with E-state index in [4.69, 9.17) is 16.3 Å². The van der Waals surface area contributed by atoms with Gasteiger partial charge in [0.05, 0.1) is 5.57 Å². The number of esters is 1. The molecule has 0 radical (unpaired) electrons. The van der Waals surface area contributed by atoms with E-state index in [0.717, 1.165) is 0 Å². The predicted octanol–water partition coefficient (Wildman–Crippen LogP) is 4.00. The maximum Gasteiger partial charge on any atom is 0.307 e. The Morgan fingerprint density at radius 1 is 1.25 bits per heavy atom. The quantitative estimate of drug-likeness (QED) is 0.774. The van der Waals surface area contributed by atoms with Gasteiger partial charge in [0, 0.05) is 30.4 Å². The van der Waals surface area contributed by atoms with Gasteiger partial charge in [0.15, 0.2) is 5.78 Å². The largest absolute Gasteiger partial charge is 0.430 e. The van der Waals surface area contributed by atoms with Crippen molar-refractivity contribution in [2.45, 2.75) is 33.6 Å². The fourth-order valence-corrected chi connectivity index (χ4v) is 2.72. The second-order valence-corrected chi connectivity index (χ2v) is 6.22. The molecule has 0 spiro atoms. The molecule has 3 nitrogen and oxygen atoms in total. The number of carbonyl (C=O) groups excluding carboxylic acids is 2. The van der Waals surface area contributed by atoms with Crippen molar-refractivity contribution < 1.29 is 14.3 Å². The Morgan fingerprint density at radius 3 is 2.50 bits per heavy atom. The number of Topliss-reactive ketones (excluding diaryl/α,β-unsaturated/α-hetero) is 1. The third-order valence-corrected chi connectivity index (χ3v) is 3.58. The van der Waals surface area contributed by atoms with E-state index in [1.165, 1.54) is 6.92 Å². The smallest absolute Gasteiger partial charge is 0.307 e. The maximum absolute atomic E-state index is 12.4. The Hall–Kier alpha value is -1.61. The number of benzene rings is 1. The number of allylic oxidation sites excluding steroid dienone is 2. The van der Waals surface area contributed by atoms with Crippen LogP contribution < -0.4 is 0 Å². The number of ketones is 1. The molecular formula is C16H17ClO3. The molecule has 1 aliphatic carbocycles. The lowest BCUT2D eigenvalue weighted by Crippen LogP contribution is -2.26. The number of hydrogen-bond acceptors (Lipinski definition) is 3. The van der Waals surface area contributed by atoms with Crippen molar-refractivity contribution in [3.8, 4) is 0 Å². The fraction of sp³-hybridized carbons (Fsp3) is 0.375. The van der Waals surface area contributed by atoms with E-state index in [0.29, 0.717) is 34.8 Å². The summed E-state index contributed by atoms with van der Waals surface area (Å²) in [4.78, 5) is 23.7. The zero-order valence-electron chi connectivity index (χ0n) is 11.8. The van der Waals surface area contributed by atoms with Crippen LogP contribution in [0, 0.1) is 5.41 Å². The van der Waals surface area contributed by atoms with Gasteiger partial charge < -0.3 is 4.74 Å². The van der Waals surface area contributed by atoms with Crippen LogP contribution in [0.2, 0.25) is 5.02 Å². The molecule has 0 heterocycles. The van der Waals surface area contributed by atoms with Crippen LogP contribution >= 0.6 is 11.6 Å². The van der Waals surface area contributed by atoms with Gasteiger partial charge in [-0.2, -0.15) is 0 Å². The number of hydrogen-bond donors (Lipinski definition) is 0. The minimum atomic E-state index is -0.421. The van der Waals surface area contributed by atoms with Gasteiger partial charge in [-0.05, 0) is 11.5 Å². The molecule has 0 aromatic heterocycles. The summed E-state index contributed by atoms with van der Waals surface area (Å²) in [5.41, 5.74) is 0.850. The van der Waals surface area contributed by atoms with E-state index >= 15 is 0 Å². The molecular weight excluding hydrogens is 276 g/mol. The monoisotopic (exact) mass is 292 g/mol. The summed E-state index contributed by atoms with van der Waals surface area (Å²) in [6, 6.07) is 7.11. The molecule has 0 unspecified atom stereocenters. The van der Waals surface area contributed by atoms with Crippen molar-refractivity contribution in [2.24, 2.45) is 5.41 Å². The summed E-state index contributed by atoms with van der Waals surface area (Å²) in [6.45, 7) is 5.30. The van der Waals surface area contributed by atoms with Gasteiger partial charge in [-0.1, -0.05) is 43.6 Å². The molecule has 0 amide bonds. The summed E-state index contributed by atoms with van der Waals surface area (Å²) in [6.07, 6.45) is 0.956. The standard InChI is InChI=1S/C16H17ClO3/c1-10(18)20-14-9-16(2,3)8-13(19)15(14)11-6-4-5-7-12(11)17/h4-7H,8-9H2,1-3H3. The molecule has 0 aliphatic heterocycles. The van der Waals surface area contributed by atoms with Crippen molar-refractivity contribution in [3.63, 3.8) is 0 Å². The molecule has 106 valence electrons. The molecule has 0 bridgehead atoms. The Kier molecular flexibility index (Phi) is 4.00. The van der Waals surface area contributed by atoms with Crippen LogP contribution in [0.1, 0.15) is 39.2 Å². The predicted molar refractivity (Wildman–Crippen MR) is 78.2 cm³/mol. The molecule has 2 rings (SSSR count). The first kappa shape index (κ1) is 14.8. The topological polar surface area (TPSA) is 43.4 Å². The van der Waals surface area contributed by atoms with Gasteiger partial charge in [-0.3, -0.25) is 9.59 Å². The van der Waals surface area contributed by atoms with Crippen LogP contribution in [0.5, 0.6) is 0 Å². The molecule has 0 atom stereocenters. The van der Waals surface area contributed by atoms with Crippen LogP contribution in [-0.2, 0) is 14.3 Å². The summed E-state index contributed by atoms with van der Waals surface area (Å²) in [7, 11) is 0. The zero-order valence-corrected chi connectivity index (χ0v) is 12.6. The maximum atomic E-state index is 12.4. The molecule has 0 fully saturated rings. The summed E-state index contributed by atoms with van der Waals surface area (Å²) < 4.78 is 5.28. The summed E-state index contributed by atoms with van der Waals surface area (Å²) in [5.74, 6) is -0.0347. The molecule has 0 saturated heterocycles. The molecule has 4 heteroatoms. The second-order valence-electron chi connectivity index (χ2n) is 5.81. The first-order valence-corrected chi connectivity index (χ1v) is 6.88. The first-order chi connectivity index (χ1) is 9.30. The Labute approximate surface area is 123 Å². The lowest BCUT2D eigenvalue weighted by molar-refractivity contribution is -0.137. The van der Waals surface area contributed by atoms with Gasteiger partial charge in [0.25, 0.3) is 0 Å². The van der Waals surface area contributed by atoms with Crippen LogP contribution in [0.3, 0.4) is 0 Å². The van der Waals surface area contributed by atoms with Gasteiger partial charge >= 0.3 is 5.97 Å². The van der Waals surface area contributed by atoms with Gasteiger partial charge in [-0.15, -0.1) is 0 Å². The number of rotatable bonds is 2. The minimum absolute atomic E-state index is 0.0365. The average molecular weight is 293 g/mol. The molecule has 0 N–H and O–H groups in total. The van der Waals surface area contributed by atoms with Crippen molar-refractivity contribution in [1.29, 1.82) is 0 Å². The normalized spacial score (nSPS) is 18.1. The molecule has 1 aliphatic rings. The van der Waals surface area contributed by atoms with Crippen LogP contribution in [0.4, 0.5) is 0 Å². The average Bonchev–Trinajstić information content (AvgIpc) is 2.28. The van der Waals surface area contributed by atoms with E-state index in [9.17, 15) is 9.59 Å². The third kappa shape index (κ3) is 3.10. The summed E-state index contributed by atoms with van der Waals surface area (Å²) in [5, 5.41) is 0.486. The highest BCUT2D eigenvalue weighted by Crippen LogP contribution is 2.42. The molecule has 1 aromatic rings. The Balaban J connectivity index is 2.58. The zero-order chi connectivity index (χ0) is 14.9. The SMILES string of the molecule is CC(=O)OC1=C(c2ccccc2Cl)C(=O)CC(C)(C)C1. The van der Waals surface area contributed by atoms with Gasteiger partial charge in [0.1, 0.15) is 5.76 Å². The lowest BCUT2D eigenvalue weighted by Gasteiger charge is -2.31. The van der Waals surface area contributed by atoms with Crippen LogP contribution in [-0.4, -0.2) is 11.8 Å². The minimum Gasteiger partial charge on any atom is -0.430 e. The van der Waals surface area contributed by atoms with Crippen molar-refractivity contribution in [1.82, 2.24) is 0 Å². The summed E-state index contributed by atoms with van der Waals surface area (Å²) >= 11 is 6.17. The van der Waals surface area contributed by atoms with Crippen molar-refractivity contribution in [3.05, 3.63) is 40.6 Å². The highest BCUT2D eigenvalue weighted by Gasteiger charge is 2.35. The van der Waals surface area contributed by atoms with Crippen molar-refractivity contribution in [2.75, 3.05) is 0 Å². The van der Waals surface area contributed by atoms with Gasteiger partial charge in [0.2, 0.25) is 0 Å². The highest BCUT2D eigenvalue weighted by molar-refractivity contribution is 6.35. The fourth-order valence-electron chi connectivity index (χ4n) is 2.49. The molecule has 1 aromatic carbocycles.